The summed E-state index contributed by atoms with van der Waals surface area (Å²) >= 11 is 0. The summed E-state index contributed by atoms with van der Waals surface area (Å²) in [6.45, 7) is 1.69. The molecule has 1 N–H and O–H groups in total. The lowest BCUT2D eigenvalue weighted by Gasteiger charge is -2.13. The van der Waals surface area contributed by atoms with E-state index >= 15 is 0 Å². The lowest BCUT2D eigenvalue weighted by molar-refractivity contribution is -0.127. The maximum atomic E-state index is 12.8. The minimum Gasteiger partial charge on any atom is -0.322 e. The lowest BCUT2D eigenvalue weighted by atomic mass is 10.1. The van der Waals surface area contributed by atoms with Crippen LogP contribution < -0.4 is 5.32 Å². The number of hydrogen-bond donors (Lipinski definition) is 1. The number of carbonyl (C=O) groups excluding carboxylic acids is 2. The van der Waals surface area contributed by atoms with Crippen LogP contribution in [-0.4, -0.2) is 23.4 Å². The van der Waals surface area contributed by atoms with E-state index in [1.54, 1.807) is 6.92 Å². The number of halogens is 1. The Bertz CT molecular complexity index is 550. The summed E-state index contributed by atoms with van der Waals surface area (Å²) in [5.41, 5.74) is 0.520. The first-order valence-electron chi connectivity index (χ1n) is 5.80. The number of urea groups is 1. The number of imide groups is 1. The molecule has 3 amide bonds. The molecule has 1 fully saturated rings. The Balaban J connectivity index is 2.18. The highest BCUT2D eigenvalue weighted by Crippen LogP contribution is 2.22. The Hall–Kier alpha value is -2.42. The van der Waals surface area contributed by atoms with Crippen molar-refractivity contribution in [1.82, 2.24) is 10.2 Å². The fourth-order valence-corrected chi connectivity index (χ4v) is 1.89. The number of carbonyl (C=O) groups is 2. The number of benzene rings is 1. The molecule has 2 rings (SSSR count). The zero-order valence-electron chi connectivity index (χ0n) is 10.3. The molecule has 1 aromatic rings. The number of nitrogens with zero attached hydrogens (tertiary/aromatic N) is 2. The van der Waals surface area contributed by atoms with Gasteiger partial charge in [-0.25, -0.2) is 9.18 Å². The summed E-state index contributed by atoms with van der Waals surface area (Å²) in [5, 5.41) is 11.2. The van der Waals surface area contributed by atoms with Crippen molar-refractivity contribution in [1.29, 1.82) is 5.26 Å². The maximum Gasteiger partial charge on any atom is 0.325 e. The van der Waals surface area contributed by atoms with Crippen molar-refractivity contribution in [3.8, 4) is 6.07 Å². The van der Waals surface area contributed by atoms with Crippen molar-refractivity contribution in [3.05, 3.63) is 35.6 Å². The summed E-state index contributed by atoms with van der Waals surface area (Å²) in [7, 11) is 0. The normalized spacial score (nSPS) is 20.1. The fraction of sp³-hybridized carbons (Fsp3) is 0.308. The van der Waals surface area contributed by atoms with Crippen molar-refractivity contribution in [2.24, 2.45) is 5.92 Å². The molecule has 5 nitrogen and oxygen atoms in total. The zero-order chi connectivity index (χ0) is 14.0. The maximum absolute atomic E-state index is 12.8. The fourth-order valence-electron chi connectivity index (χ4n) is 1.89. The van der Waals surface area contributed by atoms with Gasteiger partial charge in [0, 0.05) is 6.54 Å². The average Bonchev–Trinajstić information content (AvgIpc) is 2.67. The van der Waals surface area contributed by atoms with Crippen LogP contribution in [0.1, 0.15) is 18.5 Å². The molecule has 1 heterocycles. The molecule has 98 valence electrons. The predicted octanol–water partition coefficient (Wildman–Crippen LogP) is 1.58. The van der Waals surface area contributed by atoms with Crippen molar-refractivity contribution >= 4 is 11.9 Å². The van der Waals surface area contributed by atoms with E-state index in [9.17, 15) is 14.0 Å². The molecular weight excluding hydrogens is 249 g/mol. The molecule has 0 bridgehead atoms. The molecular formula is C13H12FN3O2. The van der Waals surface area contributed by atoms with Crippen LogP contribution in [0.5, 0.6) is 0 Å². The Morgan fingerprint density at radius 2 is 2.05 bits per heavy atom. The monoisotopic (exact) mass is 261 g/mol. The molecule has 1 saturated heterocycles. The van der Waals surface area contributed by atoms with Crippen LogP contribution >= 0.6 is 0 Å². The molecule has 19 heavy (non-hydrogen) atoms. The van der Waals surface area contributed by atoms with Crippen molar-refractivity contribution in [2.45, 2.75) is 13.0 Å². The highest BCUT2D eigenvalue weighted by molar-refractivity contribution is 6.04. The van der Waals surface area contributed by atoms with Crippen LogP contribution in [0.3, 0.4) is 0 Å². The van der Waals surface area contributed by atoms with Gasteiger partial charge in [-0.05, 0) is 24.6 Å². The third kappa shape index (κ3) is 2.55. The summed E-state index contributed by atoms with van der Waals surface area (Å²) in [4.78, 5) is 24.8. The molecule has 0 spiro atoms. The molecule has 0 saturated carbocycles. The van der Waals surface area contributed by atoms with Crippen molar-refractivity contribution in [2.75, 3.05) is 6.54 Å². The first-order chi connectivity index (χ1) is 9.02. The van der Waals surface area contributed by atoms with Gasteiger partial charge in [0.15, 0.2) is 0 Å². The third-order valence-electron chi connectivity index (χ3n) is 2.91. The van der Waals surface area contributed by atoms with E-state index in [0.29, 0.717) is 5.56 Å². The third-order valence-corrected chi connectivity index (χ3v) is 2.91. The molecule has 1 aromatic carbocycles. The van der Waals surface area contributed by atoms with Crippen LogP contribution in [0.4, 0.5) is 9.18 Å². The van der Waals surface area contributed by atoms with Crippen LogP contribution in [0.2, 0.25) is 0 Å². The second kappa shape index (κ2) is 5.06. The second-order valence-electron chi connectivity index (χ2n) is 4.41. The molecule has 0 aromatic heterocycles. The Morgan fingerprint density at radius 3 is 2.63 bits per heavy atom. The first-order valence-corrected chi connectivity index (χ1v) is 5.80. The topological polar surface area (TPSA) is 73.2 Å². The predicted molar refractivity (Wildman–Crippen MR) is 64.2 cm³/mol. The van der Waals surface area contributed by atoms with E-state index < -0.39 is 29.7 Å². The van der Waals surface area contributed by atoms with Gasteiger partial charge in [0.1, 0.15) is 11.9 Å². The molecule has 6 heteroatoms. The van der Waals surface area contributed by atoms with Crippen LogP contribution in [0.25, 0.3) is 0 Å². The second-order valence-corrected chi connectivity index (χ2v) is 4.41. The summed E-state index contributed by atoms with van der Waals surface area (Å²) in [5.74, 6) is -1.25. The van der Waals surface area contributed by atoms with Crippen molar-refractivity contribution < 1.29 is 14.0 Å². The largest absolute Gasteiger partial charge is 0.325 e. The number of nitrogens with one attached hydrogen (secondary N) is 1. The van der Waals surface area contributed by atoms with E-state index in [0.717, 1.165) is 4.90 Å². The number of nitriles is 1. The Kier molecular flexibility index (Phi) is 3.47. The number of rotatable bonds is 3. The van der Waals surface area contributed by atoms with Crippen LogP contribution in [0.15, 0.2) is 24.3 Å². The van der Waals surface area contributed by atoms with Gasteiger partial charge in [-0.15, -0.1) is 0 Å². The van der Waals surface area contributed by atoms with E-state index in [-0.39, 0.29) is 6.54 Å². The molecule has 2 atom stereocenters. The van der Waals surface area contributed by atoms with Gasteiger partial charge in [-0.3, -0.25) is 9.69 Å². The summed E-state index contributed by atoms with van der Waals surface area (Å²) < 4.78 is 12.8. The van der Waals surface area contributed by atoms with E-state index in [1.165, 1.54) is 24.3 Å². The molecule has 1 aliphatic rings. The molecule has 0 radical (unpaired) electrons. The Labute approximate surface area is 109 Å². The number of amides is 3. The average molecular weight is 261 g/mol. The van der Waals surface area contributed by atoms with Crippen molar-refractivity contribution in [3.63, 3.8) is 0 Å². The number of hydrogen-bond acceptors (Lipinski definition) is 3. The highest BCUT2D eigenvalue weighted by atomic mass is 19.1. The van der Waals surface area contributed by atoms with Gasteiger partial charge in [-0.2, -0.15) is 5.26 Å². The highest BCUT2D eigenvalue weighted by Gasteiger charge is 2.39. The minimum atomic E-state index is -0.806. The smallest absolute Gasteiger partial charge is 0.322 e. The molecule has 1 aliphatic heterocycles. The minimum absolute atomic E-state index is 0.0544. The zero-order valence-corrected chi connectivity index (χ0v) is 10.3. The first kappa shape index (κ1) is 13.0. The Morgan fingerprint density at radius 1 is 1.42 bits per heavy atom. The van der Waals surface area contributed by atoms with Gasteiger partial charge in [0.25, 0.3) is 5.91 Å². The summed E-state index contributed by atoms with van der Waals surface area (Å²) in [6, 6.07) is 6.01. The van der Waals surface area contributed by atoms with Gasteiger partial charge < -0.3 is 5.32 Å². The molecule has 0 aliphatic carbocycles. The lowest BCUT2D eigenvalue weighted by Crippen LogP contribution is -2.34. The van der Waals surface area contributed by atoms with Gasteiger partial charge in [0.05, 0.1) is 12.0 Å². The summed E-state index contributed by atoms with van der Waals surface area (Å²) in [6.07, 6.45) is 0. The molecule has 2 unspecified atom stereocenters. The quantitative estimate of drug-likeness (QED) is 0.839. The van der Waals surface area contributed by atoms with Crippen LogP contribution in [-0.2, 0) is 4.79 Å². The van der Waals surface area contributed by atoms with Crippen LogP contribution in [0, 0.1) is 23.1 Å². The van der Waals surface area contributed by atoms with Gasteiger partial charge >= 0.3 is 6.03 Å². The van der Waals surface area contributed by atoms with Gasteiger partial charge in [-0.1, -0.05) is 12.1 Å². The van der Waals surface area contributed by atoms with E-state index in [1.807, 2.05) is 6.07 Å². The van der Waals surface area contributed by atoms with E-state index in [2.05, 4.69) is 5.32 Å². The standard InChI is InChI=1S/C13H12FN3O2/c1-8(6-15)7-17-12(18)11(16-13(17)19)9-2-4-10(14)5-3-9/h2-5,8,11H,7H2,1H3,(H,16,19). The van der Waals surface area contributed by atoms with Gasteiger partial charge in [0.2, 0.25) is 0 Å². The SMILES string of the molecule is CC(C#N)CN1C(=O)NC(c2ccc(F)cc2)C1=O. The van der Waals surface area contributed by atoms with E-state index in [4.69, 9.17) is 5.26 Å².